The summed E-state index contributed by atoms with van der Waals surface area (Å²) in [5.41, 5.74) is 0. The smallest absolute Gasteiger partial charge is 0.358 e. The molecule has 0 amide bonds. The zero-order valence-corrected chi connectivity index (χ0v) is 6.99. The minimum Gasteiger partial charge on any atom is -0.358 e. The maximum atomic E-state index is 4.93. The third-order valence-corrected chi connectivity index (χ3v) is 0.304. The summed E-state index contributed by atoms with van der Waals surface area (Å²) in [6.45, 7) is 6.85. The molecule has 47 valence electrons. The van der Waals surface area contributed by atoms with Crippen LogP contribution in [-0.2, 0) is 17.4 Å². The van der Waals surface area contributed by atoms with Crippen molar-refractivity contribution in [3.8, 4) is 0 Å². The van der Waals surface area contributed by atoms with E-state index in [2.05, 4.69) is 0 Å². The summed E-state index contributed by atoms with van der Waals surface area (Å²) in [7, 11) is 0. The van der Waals surface area contributed by atoms with Crippen molar-refractivity contribution in [2.75, 3.05) is 0 Å². The molecule has 0 nitrogen and oxygen atoms in total. The predicted molar refractivity (Wildman–Crippen MR) is 36.5 cm³/mol. The molecule has 0 N–H and O–H groups in total. The van der Waals surface area contributed by atoms with Gasteiger partial charge in [0.25, 0.3) is 0 Å². The summed E-state index contributed by atoms with van der Waals surface area (Å²) in [6, 6.07) is 0. The van der Waals surface area contributed by atoms with Gasteiger partial charge in [0.1, 0.15) is 0 Å². The molecule has 0 fully saturated rings. The molecule has 0 aliphatic carbocycles. The van der Waals surface area contributed by atoms with Crippen molar-refractivity contribution >= 4 is 0 Å². The van der Waals surface area contributed by atoms with Crippen LogP contribution in [0.1, 0.15) is 6.92 Å². The van der Waals surface area contributed by atoms with E-state index in [0.29, 0.717) is 0 Å². The minimum atomic E-state index is 0. The molecular weight excluding hydrogens is 136 g/mol. The second-order valence-corrected chi connectivity index (χ2v) is 0.718. The Morgan fingerprint density at radius 1 is 1.25 bits per heavy atom. The molecular formula is C7H13Cr. The van der Waals surface area contributed by atoms with Gasteiger partial charge in [0.05, 0.1) is 0 Å². The Morgan fingerprint density at radius 2 is 1.62 bits per heavy atom. The van der Waals surface area contributed by atoms with Crippen molar-refractivity contribution in [3.05, 3.63) is 39.7 Å². The monoisotopic (exact) mass is 149 g/mol. The average molecular weight is 149 g/mol. The maximum Gasteiger partial charge on any atom is 3.00 e. The van der Waals surface area contributed by atoms with Gasteiger partial charge in [-0.1, -0.05) is 6.92 Å². The first-order valence-corrected chi connectivity index (χ1v) is 1.58. The van der Waals surface area contributed by atoms with E-state index < -0.39 is 0 Å². The Labute approximate surface area is 64.4 Å². The molecule has 1 heteroatoms. The SMILES string of the molecule is [CH-]=CC=CC.[CH3-].[CH3-].[Cr+3]. The maximum absolute atomic E-state index is 4.93. The molecule has 8 heavy (non-hydrogen) atoms. The van der Waals surface area contributed by atoms with Crippen LogP contribution < -0.4 is 0 Å². The standard InChI is InChI=1S/C5H7.2CH3.Cr/c1-3-5-4-2;;;/h1,3-5H,2H3;2*1H3;/q3*-1;+3. The Balaban J connectivity index is -0.0000000267. The number of hydrogen-bond donors (Lipinski definition) is 0. The van der Waals surface area contributed by atoms with Gasteiger partial charge in [0.15, 0.2) is 0 Å². The molecule has 0 saturated carbocycles. The summed E-state index contributed by atoms with van der Waals surface area (Å²) in [5, 5.41) is 0. The molecule has 0 spiro atoms. The first-order chi connectivity index (χ1) is 2.41. The summed E-state index contributed by atoms with van der Waals surface area (Å²) in [6.07, 6.45) is 5.15. The molecule has 0 aliphatic heterocycles. The van der Waals surface area contributed by atoms with Crippen LogP contribution in [-0.4, -0.2) is 0 Å². The molecule has 0 aliphatic rings. The zero-order valence-electron chi connectivity index (χ0n) is 5.72. The molecule has 0 aromatic rings. The molecule has 0 bridgehead atoms. The van der Waals surface area contributed by atoms with E-state index in [9.17, 15) is 0 Å². The van der Waals surface area contributed by atoms with Crippen molar-refractivity contribution in [1.82, 2.24) is 0 Å². The van der Waals surface area contributed by atoms with E-state index in [1.54, 1.807) is 6.08 Å². The van der Waals surface area contributed by atoms with Crippen molar-refractivity contribution in [1.29, 1.82) is 0 Å². The van der Waals surface area contributed by atoms with Crippen LogP contribution in [0.5, 0.6) is 0 Å². The van der Waals surface area contributed by atoms with E-state index >= 15 is 0 Å². The second kappa shape index (κ2) is 27.9. The van der Waals surface area contributed by atoms with E-state index in [1.165, 1.54) is 6.08 Å². The molecule has 0 heterocycles. The van der Waals surface area contributed by atoms with Crippen LogP contribution >= 0.6 is 0 Å². The summed E-state index contributed by atoms with van der Waals surface area (Å²) in [4.78, 5) is 0. The Morgan fingerprint density at radius 3 is 1.62 bits per heavy atom. The van der Waals surface area contributed by atoms with Gasteiger partial charge in [-0.2, -0.15) is 6.08 Å². The van der Waals surface area contributed by atoms with Crippen LogP contribution in [0, 0.1) is 21.4 Å². The normalized spacial score (nSPS) is 5.62. The van der Waals surface area contributed by atoms with Crippen LogP contribution in [0.25, 0.3) is 0 Å². The van der Waals surface area contributed by atoms with Crippen molar-refractivity contribution in [3.63, 3.8) is 0 Å². The number of hydrogen-bond acceptors (Lipinski definition) is 0. The van der Waals surface area contributed by atoms with Crippen molar-refractivity contribution in [2.45, 2.75) is 6.92 Å². The summed E-state index contributed by atoms with van der Waals surface area (Å²) < 4.78 is 0. The summed E-state index contributed by atoms with van der Waals surface area (Å²) in [5.74, 6) is 0. The van der Waals surface area contributed by atoms with Crippen LogP contribution in [0.15, 0.2) is 18.2 Å². The van der Waals surface area contributed by atoms with Gasteiger partial charge < -0.3 is 14.9 Å². The van der Waals surface area contributed by atoms with Crippen LogP contribution in [0.2, 0.25) is 0 Å². The van der Waals surface area contributed by atoms with Crippen LogP contribution in [0.4, 0.5) is 0 Å². The van der Waals surface area contributed by atoms with E-state index in [1.807, 2.05) is 13.0 Å². The van der Waals surface area contributed by atoms with Gasteiger partial charge in [0, 0.05) is 0 Å². The average Bonchev–Trinajstić information content (AvgIpc) is 1.41. The fraction of sp³-hybridized carbons (Fsp3) is 0.143. The molecule has 0 atom stereocenters. The predicted octanol–water partition coefficient (Wildman–Crippen LogP) is 2.45. The fourth-order valence-electron chi connectivity index (χ4n) is 0.111. The molecule has 0 aromatic carbocycles. The number of allylic oxidation sites excluding steroid dienone is 3. The zero-order chi connectivity index (χ0) is 4.12. The van der Waals surface area contributed by atoms with Crippen molar-refractivity contribution < 1.29 is 17.4 Å². The quantitative estimate of drug-likeness (QED) is 0.397. The first-order valence-electron chi connectivity index (χ1n) is 1.58. The van der Waals surface area contributed by atoms with Crippen LogP contribution in [0.3, 0.4) is 0 Å². The van der Waals surface area contributed by atoms with Crippen molar-refractivity contribution in [2.24, 2.45) is 0 Å². The third kappa shape index (κ3) is 37.3. The Bertz CT molecular complexity index is 46.3. The van der Waals surface area contributed by atoms with Gasteiger partial charge in [-0.25, -0.2) is 12.2 Å². The minimum absolute atomic E-state index is 0. The molecule has 0 unspecified atom stereocenters. The summed E-state index contributed by atoms with van der Waals surface area (Å²) >= 11 is 0. The second-order valence-electron chi connectivity index (χ2n) is 0.718. The van der Waals surface area contributed by atoms with E-state index in [0.717, 1.165) is 0 Å². The Hall–Kier alpha value is 0.0125. The van der Waals surface area contributed by atoms with E-state index in [-0.39, 0.29) is 32.2 Å². The van der Waals surface area contributed by atoms with E-state index in [4.69, 9.17) is 6.58 Å². The van der Waals surface area contributed by atoms with Gasteiger partial charge in [0.2, 0.25) is 0 Å². The molecule has 1 radical (unpaired) electrons. The molecule has 0 saturated heterocycles. The van der Waals surface area contributed by atoms with Gasteiger partial charge in [-0.05, 0) is 0 Å². The largest absolute Gasteiger partial charge is 3.00 e. The van der Waals surface area contributed by atoms with Gasteiger partial charge >= 0.3 is 17.4 Å². The van der Waals surface area contributed by atoms with Gasteiger partial charge in [-0.15, -0.1) is 0 Å². The first kappa shape index (κ1) is 24.5. The molecule has 0 aromatic heterocycles. The van der Waals surface area contributed by atoms with Gasteiger partial charge in [-0.3, -0.25) is 6.58 Å². The molecule has 0 rings (SSSR count). The fourth-order valence-corrected chi connectivity index (χ4v) is 0.111. The number of rotatable bonds is 1. The Kier molecular flexibility index (Phi) is 85.5. The topological polar surface area (TPSA) is 0 Å². The third-order valence-electron chi connectivity index (χ3n) is 0.304.